The van der Waals surface area contributed by atoms with E-state index in [1.54, 1.807) is 20.0 Å². The summed E-state index contributed by atoms with van der Waals surface area (Å²) in [4.78, 5) is 17.5. The van der Waals surface area contributed by atoms with E-state index < -0.39 is 27.8 Å². The maximum atomic E-state index is 12.5. The number of hydrogen-bond acceptors (Lipinski definition) is 5. The Morgan fingerprint density at radius 2 is 1.96 bits per heavy atom. The van der Waals surface area contributed by atoms with Gasteiger partial charge in [0.2, 0.25) is 15.9 Å². The minimum absolute atomic E-state index is 0.0336. The van der Waals surface area contributed by atoms with Gasteiger partial charge in [-0.05, 0) is 36.8 Å². The SMILES string of the molecule is CC(c1cccc(S(N)(=O)=O)c1)N(C)C(=O)CSc1ccc(C(F)(F)F)cn1. The summed E-state index contributed by atoms with van der Waals surface area (Å²) in [7, 11) is -2.31. The van der Waals surface area contributed by atoms with E-state index in [0.29, 0.717) is 10.6 Å². The third kappa shape index (κ3) is 5.69. The number of amides is 1. The highest BCUT2D eigenvalue weighted by molar-refractivity contribution is 7.99. The molecule has 2 N–H and O–H groups in total. The van der Waals surface area contributed by atoms with Gasteiger partial charge in [0.1, 0.15) is 0 Å². The summed E-state index contributed by atoms with van der Waals surface area (Å²) < 4.78 is 60.6. The van der Waals surface area contributed by atoms with Gasteiger partial charge in [-0.3, -0.25) is 4.79 Å². The average Bonchev–Trinajstić information content (AvgIpc) is 2.64. The van der Waals surface area contributed by atoms with Crippen LogP contribution in [-0.4, -0.2) is 37.0 Å². The molecule has 1 unspecified atom stereocenters. The molecule has 2 aromatic rings. The van der Waals surface area contributed by atoms with E-state index in [-0.39, 0.29) is 16.6 Å². The summed E-state index contributed by atoms with van der Waals surface area (Å²) in [5.74, 6) is -0.325. The molecule has 0 aliphatic heterocycles. The lowest BCUT2D eigenvalue weighted by Crippen LogP contribution is -2.31. The fourth-order valence-corrected chi connectivity index (χ4v) is 3.60. The molecule has 152 valence electrons. The summed E-state index contributed by atoms with van der Waals surface area (Å²) in [6.45, 7) is 1.72. The average molecular weight is 433 g/mol. The zero-order valence-electron chi connectivity index (χ0n) is 15.0. The first kappa shape index (κ1) is 22.2. The van der Waals surface area contributed by atoms with E-state index in [2.05, 4.69) is 4.98 Å². The van der Waals surface area contributed by atoms with E-state index >= 15 is 0 Å². The lowest BCUT2D eigenvalue weighted by molar-refractivity contribution is -0.138. The van der Waals surface area contributed by atoms with E-state index in [0.717, 1.165) is 24.0 Å². The molecule has 0 bridgehead atoms. The third-order valence-electron chi connectivity index (χ3n) is 4.05. The molecule has 0 spiro atoms. The molecule has 0 saturated heterocycles. The molecule has 1 atom stereocenters. The smallest absolute Gasteiger partial charge is 0.338 e. The second kappa shape index (κ2) is 8.50. The number of benzene rings is 1. The van der Waals surface area contributed by atoms with Crippen LogP contribution < -0.4 is 5.14 Å². The second-order valence-corrected chi connectivity index (χ2v) is 8.53. The highest BCUT2D eigenvalue weighted by Crippen LogP contribution is 2.30. The number of alkyl halides is 3. The molecule has 11 heteroatoms. The topological polar surface area (TPSA) is 93.4 Å². The van der Waals surface area contributed by atoms with E-state index in [4.69, 9.17) is 5.14 Å². The zero-order chi connectivity index (χ0) is 21.1. The molecule has 28 heavy (non-hydrogen) atoms. The van der Waals surface area contributed by atoms with Crippen LogP contribution in [0.2, 0.25) is 0 Å². The van der Waals surface area contributed by atoms with Gasteiger partial charge in [0, 0.05) is 13.2 Å². The standard InChI is InChI=1S/C17H18F3N3O3S2/c1-11(12-4-3-5-14(8-12)28(21,25)26)23(2)16(24)10-27-15-7-6-13(9-22-15)17(18,19)20/h3-9,11H,10H2,1-2H3,(H2,21,25,26). The summed E-state index contributed by atoms with van der Waals surface area (Å²) in [5, 5.41) is 5.41. The molecule has 6 nitrogen and oxygen atoms in total. The van der Waals surface area contributed by atoms with Crippen molar-refractivity contribution in [1.82, 2.24) is 9.88 Å². The largest absolute Gasteiger partial charge is 0.417 e. The molecule has 2 rings (SSSR count). The summed E-state index contributed by atoms with van der Waals surface area (Å²) in [6, 6.07) is 7.65. The van der Waals surface area contributed by atoms with Crippen molar-refractivity contribution >= 4 is 27.7 Å². The van der Waals surface area contributed by atoms with Crippen LogP contribution in [0.1, 0.15) is 24.1 Å². The van der Waals surface area contributed by atoms with Crippen LogP contribution in [0.4, 0.5) is 13.2 Å². The van der Waals surface area contributed by atoms with Crippen molar-refractivity contribution < 1.29 is 26.4 Å². The molecule has 0 aliphatic carbocycles. The Kier molecular flexibility index (Phi) is 6.73. The number of halogens is 3. The molecular formula is C17H18F3N3O3S2. The number of pyridine rings is 1. The number of primary sulfonamides is 1. The maximum Gasteiger partial charge on any atom is 0.417 e. The quantitative estimate of drug-likeness (QED) is 0.707. The Balaban J connectivity index is 2.02. The Hall–Kier alpha value is -2.11. The second-order valence-electron chi connectivity index (χ2n) is 5.97. The van der Waals surface area contributed by atoms with Crippen LogP contribution in [0.15, 0.2) is 52.5 Å². The monoisotopic (exact) mass is 433 g/mol. The minimum atomic E-state index is -4.47. The molecule has 1 aromatic heterocycles. The summed E-state index contributed by atoms with van der Waals surface area (Å²) >= 11 is 1.01. The van der Waals surface area contributed by atoms with E-state index in [9.17, 15) is 26.4 Å². The van der Waals surface area contributed by atoms with Crippen molar-refractivity contribution in [2.45, 2.75) is 29.1 Å². The van der Waals surface area contributed by atoms with Crippen molar-refractivity contribution in [3.63, 3.8) is 0 Å². The highest BCUT2D eigenvalue weighted by atomic mass is 32.2. The summed E-state index contributed by atoms with van der Waals surface area (Å²) in [5.41, 5.74) is -0.274. The maximum absolute atomic E-state index is 12.5. The third-order valence-corrected chi connectivity index (χ3v) is 5.89. The number of aromatic nitrogens is 1. The first-order chi connectivity index (χ1) is 12.9. The first-order valence-corrected chi connectivity index (χ1v) is 10.5. The van der Waals surface area contributed by atoms with Gasteiger partial charge >= 0.3 is 6.18 Å². The molecule has 0 fully saturated rings. The fraction of sp³-hybridized carbons (Fsp3) is 0.294. The van der Waals surface area contributed by atoms with Crippen molar-refractivity contribution in [2.24, 2.45) is 5.14 Å². The van der Waals surface area contributed by atoms with Crippen LogP contribution in [0, 0.1) is 0 Å². The molecular weight excluding hydrogens is 415 g/mol. The molecule has 0 saturated carbocycles. The van der Waals surface area contributed by atoms with Crippen molar-refractivity contribution in [2.75, 3.05) is 12.8 Å². The first-order valence-electron chi connectivity index (χ1n) is 7.94. The van der Waals surface area contributed by atoms with Gasteiger partial charge in [0.15, 0.2) is 0 Å². The van der Waals surface area contributed by atoms with E-state index in [1.807, 2.05) is 0 Å². The molecule has 0 radical (unpaired) electrons. The minimum Gasteiger partial charge on any atom is -0.338 e. The van der Waals surface area contributed by atoms with Crippen LogP contribution >= 0.6 is 11.8 Å². The molecule has 1 aromatic carbocycles. The zero-order valence-corrected chi connectivity index (χ0v) is 16.6. The van der Waals surface area contributed by atoms with Crippen molar-refractivity contribution in [1.29, 1.82) is 0 Å². The van der Waals surface area contributed by atoms with Gasteiger partial charge in [0.05, 0.1) is 27.3 Å². The van der Waals surface area contributed by atoms with Crippen molar-refractivity contribution in [3.05, 3.63) is 53.7 Å². The van der Waals surface area contributed by atoms with Gasteiger partial charge in [-0.15, -0.1) is 0 Å². The van der Waals surface area contributed by atoms with Crippen LogP contribution in [0.25, 0.3) is 0 Å². The van der Waals surface area contributed by atoms with Gasteiger partial charge in [0.25, 0.3) is 0 Å². The number of carbonyl (C=O) groups excluding carboxylic acids is 1. The van der Waals surface area contributed by atoms with Gasteiger partial charge in [-0.1, -0.05) is 23.9 Å². The Morgan fingerprint density at radius 1 is 1.29 bits per heavy atom. The number of rotatable bonds is 6. The lowest BCUT2D eigenvalue weighted by atomic mass is 10.1. The predicted molar refractivity (Wildman–Crippen MR) is 99.0 cm³/mol. The number of nitrogens with two attached hydrogens (primary N) is 1. The summed E-state index contributed by atoms with van der Waals surface area (Å²) in [6.07, 6.45) is -3.74. The lowest BCUT2D eigenvalue weighted by Gasteiger charge is -2.25. The number of nitrogens with zero attached hydrogens (tertiary/aromatic N) is 2. The van der Waals surface area contributed by atoms with Crippen LogP contribution in [-0.2, 0) is 21.0 Å². The Labute approximate surface area is 165 Å². The Morgan fingerprint density at radius 3 is 2.50 bits per heavy atom. The van der Waals surface area contributed by atoms with Crippen LogP contribution in [0.3, 0.4) is 0 Å². The number of hydrogen-bond donors (Lipinski definition) is 1. The normalized spacial score (nSPS) is 13.2. The number of carbonyl (C=O) groups is 1. The fourth-order valence-electron chi connectivity index (χ4n) is 2.26. The molecule has 1 amide bonds. The van der Waals surface area contributed by atoms with Gasteiger partial charge in [-0.25, -0.2) is 18.5 Å². The molecule has 0 aliphatic rings. The molecule has 1 heterocycles. The Bertz CT molecular complexity index is 948. The van der Waals surface area contributed by atoms with Crippen LogP contribution in [0.5, 0.6) is 0 Å². The highest BCUT2D eigenvalue weighted by Gasteiger charge is 2.30. The van der Waals surface area contributed by atoms with Crippen molar-refractivity contribution in [3.8, 4) is 0 Å². The van der Waals surface area contributed by atoms with E-state index in [1.165, 1.54) is 29.2 Å². The number of sulfonamides is 1. The van der Waals surface area contributed by atoms with Gasteiger partial charge in [-0.2, -0.15) is 13.2 Å². The van der Waals surface area contributed by atoms with Gasteiger partial charge < -0.3 is 4.90 Å². The number of thioether (sulfide) groups is 1. The predicted octanol–water partition coefficient (Wildman–Crippen LogP) is 3.06.